The third kappa shape index (κ3) is 8.62. The zero-order valence-corrected chi connectivity index (χ0v) is 31.4. The van der Waals surface area contributed by atoms with Gasteiger partial charge in [0.2, 0.25) is 5.60 Å². The Morgan fingerprint density at radius 3 is 2.38 bits per heavy atom. The first-order chi connectivity index (χ1) is 26.4. The Bertz CT molecular complexity index is 1900. The van der Waals surface area contributed by atoms with Gasteiger partial charge in [-0.1, -0.05) is 31.5 Å². The molecule has 6 rings (SSSR count). The molecule has 4 atom stereocenters. The van der Waals surface area contributed by atoms with E-state index in [0.29, 0.717) is 48.3 Å². The van der Waals surface area contributed by atoms with Crippen LogP contribution in [0.5, 0.6) is 11.5 Å². The summed E-state index contributed by atoms with van der Waals surface area (Å²) in [5.74, 6) is -2.48. The topological polar surface area (TPSA) is 130 Å². The van der Waals surface area contributed by atoms with Crippen molar-refractivity contribution in [3.63, 3.8) is 0 Å². The Morgan fingerprint density at radius 2 is 1.71 bits per heavy atom. The van der Waals surface area contributed by atoms with Gasteiger partial charge in [0.25, 0.3) is 11.8 Å². The molecule has 1 aromatic carbocycles. The minimum atomic E-state index is -4.92. The molecule has 0 unspecified atom stereocenters. The number of hydrogen-bond acceptors (Lipinski definition) is 8. The van der Waals surface area contributed by atoms with Crippen LogP contribution in [-0.4, -0.2) is 80.2 Å². The second-order valence-electron chi connectivity index (χ2n) is 14.8. The number of piperidine rings is 2. The van der Waals surface area contributed by atoms with E-state index in [9.17, 15) is 50.9 Å². The number of carbonyl (C=O) groups excluding carboxylic acids is 2. The van der Waals surface area contributed by atoms with Crippen molar-refractivity contribution in [2.45, 2.75) is 107 Å². The number of carboxylic acid groups (broad SMARTS) is 1. The first kappa shape index (κ1) is 41.3. The van der Waals surface area contributed by atoms with Gasteiger partial charge in [-0.2, -0.15) is 26.3 Å². The molecule has 2 amide bonds. The highest BCUT2D eigenvalue weighted by atomic mass is 32.1. The number of alkyl halides is 6. The first-order valence-corrected chi connectivity index (χ1v) is 19.5. The summed E-state index contributed by atoms with van der Waals surface area (Å²) in [6.07, 6.45) is -6.37. The fraction of sp³-hybridized carbons (Fsp3) is 0.538. The maximum Gasteiger partial charge on any atom is 0.425 e. The molecule has 1 saturated carbocycles. The number of amides is 2. The molecule has 0 spiro atoms. The molecule has 2 N–H and O–H groups in total. The molecule has 2 aliphatic heterocycles. The second kappa shape index (κ2) is 16.2. The smallest absolute Gasteiger partial charge is 0.425 e. The molecule has 2 saturated heterocycles. The second-order valence-corrected chi connectivity index (χ2v) is 15.7. The Morgan fingerprint density at radius 1 is 0.982 bits per heavy atom. The maximum atomic E-state index is 15.0. The number of nitrogens with zero attached hydrogens (tertiary/aromatic N) is 3. The summed E-state index contributed by atoms with van der Waals surface area (Å²) in [5.41, 5.74) is -5.08. The monoisotopic (exact) mass is 811 g/mol. The lowest BCUT2D eigenvalue weighted by atomic mass is 9.78. The van der Waals surface area contributed by atoms with Gasteiger partial charge in [0, 0.05) is 55.7 Å². The average Bonchev–Trinajstić information content (AvgIpc) is 3.81. The van der Waals surface area contributed by atoms with Crippen molar-refractivity contribution in [3.05, 3.63) is 75.7 Å². The standard InChI is InChI=1S/C39H43F6N3O7S/c1-2-7-30-37(55-26-22-31(56-23-26)39(43,44)45,13-6-17-48(30)34(51)33-28(38(40,41)42)9-5-16-46-33)35(52)47-18-14-36(53,15-19-47)27-8-3-4-10-29(27)54-25-12-11-24(20-25)21-32(49)50/h3-5,8-10,16,22-25,30,53H,2,6-7,11-15,17-21H2,1H3,(H,49,50)/t24-,25+,30-,37+/m1/s1. The van der Waals surface area contributed by atoms with Crippen molar-refractivity contribution in [1.82, 2.24) is 14.8 Å². The maximum absolute atomic E-state index is 15.0. The summed E-state index contributed by atoms with van der Waals surface area (Å²) in [5, 5.41) is 22.4. The van der Waals surface area contributed by atoms with Crippen LogP contribution in [0.25, 0.3) is 0 Å². The number of benzene rings is 1. The number of rotatable bonds is 11. The molecule has 4 heterocycles. The molecule has 2 aromatic heterocycles. The van der Waals surface area contributed by atoms with E-state index in [1.807, 2.05) is 0 Å². The third-order valence-corrected chi connectivity index (χ3v) is 12.0. The molecule has 3 aliphatic rings. The fourth-order valence-corrected chi connectivity index (χ4v) is 9.07. The van der Waals surface area contributed by atoms with E-state index in [1.165, 1.54) is 4.90 Å². The van der Waals surface area contributed by atoms with Gasteiger partial charge >= 0.3 is 18.3 Å². The van der Waals surface area contributed by atoms with Crippen molar-refractivity contribution in [2.24, 2.45) is 5.92 Å². The van der Waals surface area contributed by atoms with Crippen molar-refractivity contribution in [3.8, 4) is 11.5 Å². The molecule has 17 heteroatoms. The number of para-hydroxylation sites is 1. The van der Waals surface area contributed by atoms with Gasteiger partial charge in [-0.25, -0.2) is 0 Å². The number of carbonyl (C=O) groups is 3. The van der Waals surface area contributed by atoms with Crippen LogP contribution in [0.1, 0.15) is 97.6 Å². The number of likely N-dealkylation sites (tertiary alicyclic amines) is 2. The van der Waals surface area contributed by atoms with Crippen LogP contribution < -0.4 is 9.47 Å². The highest BCUT2D eigenvalue weighted by molar-refractivity contribution is 7.10. The van der Waals surface area contributed by atoms with E-state index < -0.39 is 63.5 Å². The zero-order chi connectivity index (χ0) is 40.5. The molecule has 1 aliphatic carbocycles. The molecule has 0 radical (unpaired) electrons. The van der Waals surface area contributed by atoms with Gasteiger partial charge in [0.05, 0.1) is 23.3 Å². The molecular weight excluding hydrogens is 768 g/mol. The van der Waals surface area contributed by atoms with Crippen LogP contribution in [0.15, 0.2) is 54.0 Å². The van der Waals surface area contributed by atoms with Crippen LogP contribution in [0.4, 0.5) is 26.3 Å². The lowest BCUT2D eigenvalue weighted by molar-refractivity contribution is -0.163. The number of halogens is 6. The number of thiophene rings is 1. The predicted molar refractivity (Wildman–Crippen MR) is 191 cm³/mol. The third-order valence-electron chi connectivity index (χ3n) is 11.0. The highest BCUT2D eigenvalue weighted by Crippen LogP contribution is 2.45. The molecule has 3 fully saturated rings. The van der Waals surface area contributed by atoms with Gasteiger partial charge < -0.3 is 29.5 Å². The normalized spacial score (nSPS) is 24.2. The minimum absolute atomic E-state index is 0.0242. The lowest BCUT2D eigenvalue weighted by Gasteiger charge is -2.51. The highest BCUT2D eigenvalue weighted by Gasteiger charge is 2.57. The van der Waals surface area contributed by atoms with Crippen molar-refractivity contribution in [2.75, 3.05) is 19.6 Å². The first-order valence-electron chi connectivity index (χ1n) is 18.6. The Hall–Kier alpha value is -4.38. The van der Waals surface area contributed by atoms with Crippen LogP contribution in [0.2, 0.25) is 0 Å². The lowest BCUT2D eigenvalue weighted by Crippen LogP contribution is -2.68. The summed E-state index contributed by atoms with van der Waals surface area (Å²) in [6, 6.07) is 8.32. The van der Waals surface area contributed by atoms with Crippen LogP contribution in [-0.2, 0) is 27.5 Å². The Balaban J connectivity index is 1.30. The van der Waals surface area contributed by atoms with E-state index in [-0.39, 0.29) is 75.9 Å². The quantitative estimate of drug-likeness (QED) is 0.187. The van der Waals surface area contributed by atoms with Crippen molar-refractivity contribution in [1.29, 1.82) is 0 Å². The number of aliphatic carboxylic acids is 1. The van der Waals surface area contributed by atoms with E-state index in [2.05, 4.69) is 4.98 Å². The number of pyridine rings is 1. The molecule has 10 nitrogen and oxygen atoms in total. The summed E-state index contributed by atoms with van der Waals surface area (Å²) < 4.78 is 95.9. The Labute approximate surface area is 323 Å². The average molecular weight is 812 g/mol. The summed E-state index contributed by atoms with van der Waals surface area (Å²) >= 11 is 0.365. The minimum Gasteiger partial charge on any atom is -0.490 e. The van der Waals surface area contributed by atoms with Gasteiger partial charge in [-0.15, -0.1) is 11.3 Å². The molecule has 3 aromatic rings. The van der Waals surface area contributed by atoms with Gasteiger partial charge in [-0.05, 0) is 69.1 Å². The van der Waals surface area contributed by atoms with Crippen molar-refractivity contribution < 1.29 is 60.4 Å². The molecular formula is C39H43F6N3O7S. The number of ether oxygens (including phenoxy) is 2. The number of hydrogen-bond donors (Lipinski definition) is 2. The van der Waals surface area contributed by atoms with Crippen LogP contribution >= 0.6 is 11.3 Å². The Kier molecular flexibility index (Phi) is 12.0. The molecule has 0 bridgehead atoms. The van der Waals surface area contributed by atoms with Crippen molar-refractivity contribution >= 4 is 29.1 Å². The predicted octanol–water partition coefficient (Wildman–Crippen LogP) is 7.94. The van der Waals surface area contributed by atoms with Gasteiger partial charge in [0.1, 0.15) is 22.1 Å². The molecule has 56 heavy (non-hydrogen) atoms. The molecule has 304 valence electrons. The number of aromatic nitrogens is 1. The van der Waals surface area contributed by atoms with E-state index in [0.717, 1.165) is 34.7 Å². The van der Waals surface area contributed by atoms with Gasteiger partial charge in [-0.3, -0.25) is 19.4 Å². The van der Waals surface area contributed by atoms with E-state index >= 15 is 0 Å². The number of aliphatic hydroxyl groups is 1. The van der Waals surface area contributed by atoms with Gasteiger partial charge in [0.15, 0.2) is 0 Å². The largest absolute Gasteiger partial charge is 0.490 e. The van der Waals surface area contributed by atoms with E-state index in [1.54, 1.807) is 31.2 Å². The summed E-state index contributed by atoms with van der Waals surface area (Å²) in [4.78, 5) is 45.6. The van der Waals surface area contributed by atoms with Crippen LogP contribution in [0, 0.1) is 5.92 Å². The summed E-state index contributed by atoms with van der Waals surface area (Å²) in [6.45, 7) is 1.64. The number of carboxylic acids is 1. The summed E-state index contributed by atoms with van der Waals surface area (Å²) in [7, 11) is 0. The van der Waals surface area contributed by atoms with Crippen LogP contribution in [0.3, 0.4) is 0 Å². The fourth-order valence-electron chi connectivity index (χ4n) is 8.39. The van der Waals surface area contributed by atoms with E-state index in [4.69, 9.17) is 9.47 Å². The SMILES string of the molecule is CCC[C@H]1N(C(=O)c2ncccc2C(F)(F)F)CCC[C@@]1(Oc1csc(C(F)(F)F)c1)C(=O)N1CCC(O)(c2ccccc2O[C@H]2CC[C@@H](CC(=O)O)C2)CC1. The zero-order valence-electron chi connectivity index (χ0n) is 30.6.